The summed E-state index contributed by atoms with van der Waals surface area (Å²) in [4.78, 5) is 16.4. The van der Waals surface area contributed by atoms with Crippen molar-refractivity contribution in [3.8, 4) is 0 Å². The van der Waals surface area contributed by atoms with Crippen molar-refractivity contribution in [3.05, 3.63) is 30.5 Å². The molecular weight excluding hydrogens is 442 g/mol. The molecule has 2 atom stereocenters. The molecule has 1 saturated heterocycles. The average Bonchev–Trinajstić information content (AvgIpc) is 3.49. The number of β-amino-alcohol motifs (C(OH)–C–C–N with tert-alkyl or cyclic N) is 1. The second-order valence-electron chi connectivity index (χ2n) is 7.34. The third kappa shape index (κ3) is 3.09. The van der Waals surface area contributed by atoms with E-state index in [4.69, 9.17) is 4.74 Å². The molecule has 1 fully saturated rings. The van der Waals surface area contributed by atoms with E-state index in [2.05, 4.69) is 26.0 Å². The second-order valence-corrected chi connectivity index (χ2v) is 9.23. The van der Waals surface area contributed by atoms with Gasteiger partial charge in [0.1, 0.15) is 11.7 Å². The quantitative estimate of drug-likeness (QED) is 0.596. The van der Waals surface area contributed by atoms with Gasteiger partial charge in [0.25, 0.3) is 5.96 Å². The van der Waals surface area contributed by atoms with Crippen LogP contribution in [0.4, 0.5) is 17.2 Å². The number of aromatic nitrogens is 2. The molecule has 14 nitrogen and oxygen atoms in total. The normalized spacial score (nSPS) is 22.4. The van der Waals surface area contributed by atoms with Gasteiger partial charge in [0.2, 0.25) is 15.8 Å². The summed E-state index contributed by atoms with van der Waals surface area (Å²) in [5, 5.41) is 25.2. The number of hydrogen-bond donors (Lipinski definition) is 2. The number of hydrogen-bond acceptors (Lipinski definition) is 12. The number of carbonyl (C=O) groups excluding carboxylic acids is 1. The highest BCUT2D eigenvalue weighted by Crippen LogP contribution is 2.38. The Bertz CT molecular complexity index is 1240. The minimum absolute atomic E-state index is 0.0179. The van der Waals surface area contributed by atoms with Crippen molar-refractivity contribution in [1.82, 2.24) is 24.7 Å². The lowest BCUT2D eigenvalue weighted by molar-refractivity contribution is -0.144. The molecule has 2 unspecified atom stereocenters. The Morgan fingerprint density at radius 1 is 1.28 bits per heavy atom. The van der Waals surface area contributed by atoms with Crippen LogP contribution in [0.25, 0.3) is 0 Å². The monoisotopic (exact) mass is 461 g/mol. The molecule has 3 aliphatic rings. The van der Waals surface area contributed by atoms with Crippen molar-refractivity contribution in [1.29, 1.82) is 0 Å². The number of ether oxygens (including phenoxy) is 1. The highest BCUT2D eigenvalue weighted by atomic mass is 32.2. The van der Waals surface area contributed by atoms with Crippen LogP contribution in [0.2, 0.25) is 0 Å². The van der Waals surface area contributed by atoms with Gasteiger partial charge in [-0.2, -0.15) is 14.9 Å². The van der Waals surface area contributed by atoms with Gasteiger partial charge in [0.05, 0.1) is 30.0 Å². The number of rotatable bonds is 4. The molecule has 32 heavy (non-hydrogen) atoms. The Labute approximate surface area is 182 Å². The summed E-state index contributed by atoms with van der Waals surface area (Å²) in [5.41, 5.74) is 3.85. The molecule has 1 aromatic heterocycles. The van der Waals surface area contributed by atoms with Gasteiger partial charge in [-0.05, 0) is 29.5 Å². The molecule has 2 aromatic rings. The molecule has 0 amide bonds. The Morgan fingerprint density at radius 2 is 2.03 bits per heavy atom. The number of aliphatic imine (C=N–C) groups is 1. The maximum atomic E-state index is 13.2. The Morgan fingerprint density at radius 3 is 2.75 bits per heavy atom. The molecule has 168 valence electrons. The minimum Gasteiger partial charge on any atom is -0.468 e. The zero-order valence-electron chi connectivity index (χ0n) is 17.0. The lowest BCUT2D eigenvalue weighted by atomic mass is 10.2. The Hall–Kier alpha value is -3.56. The largest absolute Gasteiger partial charge is 0.468 e. The highest BCUT2D eigenvalue weighted by Gasteiger charge is 2.44. The van der Waals surface area contributed by atoms with Crippen LogP contribution in [0.1, 0.15) is 6.42 Å². The number of aliphatic hydroxyl groups excluding tert-OH is 1. The summed E-state index contributed by atoms with van der Waals surface area (Å²) >= 11 is 0. The molecule has 5 rings (SSSR count). The van der Waals surface area contributed by atoms with Gasteiger partial charge >= 0.3 is 5.97 Å². The average molecular weight is 461 g/mol. The lowest BCUT2D eigenvalue weighted by Gasteiger charge is -2.33. The molecule has 4 heterocycles. The summed E-state index contributed by atoms with van der Waals surface area (Å²) in [6, 6.07) is 4.94. The molecule has 2 N–H and O–H groups in total. The first-order chi connectivity index (χ1) is 15.3. The molecule has 0 radical (unpaired) electrons. The summed E-state index contributed by atoms with van der Waals surface area (Å²) < 4.78 is 33.7. The third-order valence-electron chi connectivity index (χ3n) is 5.27. The smallest absolute Gasteiger partial charge is 0.324 e. The SMILES string of the molecule is COC(=O)C1CC(O)CN1S(=O)(=O)c1ccc(N2c3nn(C)cc3N=C3N=NNN32)cc1. The number of nitrogens with one attached hydrogen (secondary N) is 1. The predicted octanol–water partition coefficient (Wildman–Crippen LogP) is -0.0414. The summed E-state index contributed by atoms with van der Waals surface area (Å²) in [6.07, 6.45) is 0.761. The van der Waals surface area contributed by atoms with Crippen LogP contribution in [0.15, 0.2) is 50.7 Å². The maximum absolute atomic E-state index is 13.2. The van der Waals surface area contributed by atoms with Gasteiger partial charge in [-0.15, -0.1) is 5.12 Å². The number of hydrazine groups is 2. The molecular formula is C17H19N9O5S. The summed E-state index contributed by atoms with van der Waals surface area (Å²) in [5.74, 6) is 0.0893. The van der Waals surface area contributed by atoms with Crippen molar-refractivity contribution >= 4 is 39.1 Å². The number of nitrogens with zero attached hydrogens (tertiary/aromatic N) is 8. The number of guanidine groups is 1. The van der Waals surface area contributed by atoms with Crippen LogP contribution in [0, 0.1) is 0 Å². The van der Waals surface area contributed by atoms with Gasteiger partial charge < -0.3 is 9.84 Å². The van der Waals surface area contributed by atoms with Gasteiger partial charge in [-0.1, -0.05) is 5.11 Å². The zero-order valence-corrected chi connectivity index (χ0v) is 17.8. The number of aliphatic hydroxyl groups is 1. The maximum Gasteiger partial charge on any atom is 0.324 e. The van der Waals surface area contributed by atoms with E-state index in [1.165, 1.54) is 24.4 Å². The van der Waals surface area contributed by atoms with E-state index >= 15 is 0 Å². The Balaban J connectivity index is 1.48. The number of carbonyl (C=O) groups is 1. The fraction of sp³-hybridized carbons (Fsp3) is 0.353. The van der Waals surface area contributed by atoms with Crippen LogP contribution >= 0.6 is 0 Å². The standard InChI is InChI=1S/C17H19N9O5S/c1-23-9-13-15(20-23)25(26-17(18-13)19-21-22-26)10-3-5-12(6-4-10)32(29,30)24-8-11(27)7-14(24)16(28)31-2/h3-6,9,11,14,27H,7-8H2,1-2H3,(H,18,19,22). The van der Waals surface area contributed by atoms with Crippen molar-refractivity contribution in [2.24, 2.45) is 22.4 Å². The topological polar surface area (TPSA) is 157 Å². The Kier molecular flexibility index (Phi) is 4.61. The molecule has 0 saturated carbocycles. The van der Waals surface area contributed by atoms with E-state index in [0.717, 1.165) is 4.31 Å². The first-order valence-corrected chi connectivity index (χ1v) is 11.0. The molecule has 0 aliphatic carbocycles. The van der Waals surface area contributed by atoms with Crippen LogP contribution in [-0.2, 0) is 26.6 Å². The molecule has 15 heteroatoms. The number of benzene rings is 1. The van der Waals surface area contributed by atoms with E-state index in [9.17, 15) is 18.3 Å². The van der Waals surface area contributed by atoms with E-state index in [1.807, 2.05) is 0 Å². The number of methoxy groups -OCH3 is 1. The van der Waals surface area contributed by atoms with Crippen molar-refractivity contribution in [2.75, 3.05) is 18.7 Å². The number of anilines is 2. The van der Waals surface area contributed by atoms with Crippen molar-refractivity contribution in [3.63, 3.8) is 0 Å². The van der Waals surface area contributed by atoms with E-state index in [-0.39, 0.29) is 17.9 Å². The number of aryl methyl sites for hydroxylation is 1. The van der Waals surface area contributed by atoms with Crippen molar-refractivity contribution in [2.45, 2.75) is 23.5 Å². The van der Waals surface area contributed by atoms with E-state index in [0.29, 0.717) is 23.2 Å². The van der Waals surface area contributed by atoms with Crippen LogP contribution in [-0.4, -0.2) is 70.5 Å². The fourth-order valence-electron chi connectivity index (χ4n) is 3.83. The summed E-state index contributed by atoms with van der Waals surface area (Å²) in [7, 11) is -1.11. The first kappa shape index (κ1) is 20.3. The van der Waals surface area contributed by atoms with Crippen LogP contribution < -0.4 is 10.5 Å². The van der Waals surface area contributed by atoms with Crippen LogP contribution in [0.5, 0.6) is 0 Å². The third-order valence-corrected chi connectivity index (χ3v) is 7.16. The second kappa shape index (κ2) is 7.25. The molecule has 3 aliphatic heterocycles. The minimum atomic E-state index is -4.05. The molecule has 1 aromatic carbocycles. The van der Waals surface area contributed by atoms with Gasteiger partial charge in [-0.3, -0.25) is 9.48 Å². The number of sulfonamides is 1. The first-order valence-electron chi connectivity index (χ1n) is 9.56. The number of esters is 1. The molecule has 0 bridgehead atoms. The van der Waals surface area contributed by atoms with E-state index < -0.39 is 28.1 Å². The lowest BCUT2D eigenvalue weighted by Crippen LogP contribution is -2.48. The predicted molar refractivity (Wildman–Crippen MR) is 109 cm³/mol. The number of fused-ring (bicyclic) bond motifs is 2. The van der Waals surface area contributed by atoms with Gasteiger partial charge in [-0.25, -0.2) is 18.4 Å². The summed E-state index contributed by atoms with van der Waals surface area (Å²) in [6.45, 7) is -0.187. The highest BCUT2D eigenvalue weighted by molar-refractivity contribution is 7.89. The van der Waals surface area contributed by atoms with Gasteiger partial charge in [0, 0.05) is 20.0 Å². The molecule has 0 spiro atoms. The van der Waals surface area contributed by atoms with Gasteiger partial charge in [0.15, 0.2) is 0 Å². The van der Waals surface area contributed by atoms with E-state index in [1.54, 1.807) is 35.1 Å². The zero-order chi connectivity index (χ0) is 22.6. The fourth-order valence-corrected chi connectivity index (χ4v) is 5.46. The van der Waals surface area contributed by atoms with Crippen molar-refractivity contribution < 1.29 is 23.1 Å². The van der Waals surface area contributed by atoms with Crippen LogP contribution in [0.3, 0.4) is 0 Å².